The Morgan fingerprint density at radius 3 is 2.89 bits per heavy atom. The second kappa shape index (κ2) is 7.63. The zero-order chi connectivity index (χ0) is 19.7. The zero-order valence-corrected chi connectivity index (χ0v) is 16.2. The molecule has 7 nitrogen and oxygen atoms in total. The Bertz CT molecular complexity index is 979. The molecule has 3 aromatic rings. The summed E-state index contributed by atoms with van der Waals surface area (Å²) in [6.07, 6.45) is 0.600. The highest BCUT2D eigenvalue weighted by molar-refractivity contribution is 7.21. The lowest BCUT2D eigenvalue weighted by Crippen LogP contribution is -2.49. The third-order valence-corrected chi connectivity index (χ3v) is 5.93. The number of benzene rings is 1. The molecule has 1 saturated heterocycles. The number of nitrogens with one attached hydrogen (secondary N) is 1. The molecule has 0 spiro atoms. The number of nitrogens with zero attached hydrogens (tertiary/aromatic N) is 2. The Morgan fingerprint density at radius 1 is 1.29 bits per heavy atom. The number of carboxylic acid groups (broad SMARTS) is 1. The van der Waals surface area contributed by atoms with Crippen LogP contribution in [-0.2, 0) is 11.3 Å². The molecule has 0 saturated carbocycles. The van der Waals surface area contributed by atoms with Crippen molar-refractivity contribution in [1.29, 1.82) is 0 Å². The van der Waals surface area contributed by atoms with Gasteiger partial charge < -0.3 is 19.7 Å². The van der Waals surface area contributed by atoms with E-state index < -0.39 is 11.9 Å². The van der Waals surface area contributed by atoms with E-state index in [1.165, 1.54) is 0 Å². The van der Waals surface area contributed by atoms with Gasteiger partial charge >= 0.3 is 12.0 Å². The van der Waals surface area contributed by atoms with Crippen molar-refractivity contribution in [1.82, 2.24) is 15.2 Å². The highest BCUT2D eigenvalue weighted by Gasteiger charge is 2.31. The van der Waals surface area contributed by atoms with E-state index in [0.717, 1.165) is 15.2 Å². The Kier molecular flexibility index (Phi) is 5.04. The summed E-state index contributed by atoms with van der Waals surface area (Å²) in [5.41, 5.74) is 0.931. The summed E-state index contributed by atoms with van der Waals surface area (Å²) in [6.45, 7) is 3.00. The summed E-state index contributed by atoms with van der Waals surface area (Å²) < 4.78 is 6.93. The SMILES string of the molecule is CC1CC(C(=O)O)CN(C(=O)NCc2ccc(-c3nc4ccccc4s3)o2)C1. The number of hydrogen-bond donors (Lipinski definition) is 2. The molecule has 3 heterocycles. The van der Waals surface area contributed by atoms with Crippen LogP contribution in [0, 0.1) is 11.8 Å². The minimum atomic E-state index is -0.851. The molecule has 28 heavy (non-hydrogen) atoms. The fourth-order valence-corrected chi connectivity index (χ4v) is 4.46. The molecule has 2 unspecified atom stereocenters. The third-order valence-electron chi connectivity index (χ3n) is 4.88. The van der Waals surface area contributed by atoms with E-state index >= 15 is 0 Å². The highest BCUT2D eigenvalue weighted by atomic mass is 32.1. The van der Waals surface area contributed by atoms with E-state index in [9.17, 15) is 14.7 Å². The van der Waals surface area contributed by atoms with Crippen molar-refractivity contribution in [3.8, 4) is 10.8 Å². The minimum Gasteiger partial charge on any atom is -0.481 e. The van der Waals surface area contributed by atoms with Crippen molar-refractivity contribution < 1.29 is 19.1 Å². The number of likely N-dealkylation sites (tertiary alicyclic amines) is 1. The van der Waals surface area contributed by atoms with Crippen LogP contribution < -0.4 is 5.32 Å². The smallest absolute Gasteiger partial charge is 0.317 e. The van der Waals surface area contributed by atoms with Gasteiger partial charge in [0.05, 0.1) is 22.7 Å². The van der Waals surface area contributed by atoms with Gasteiger partial charge in [0.2, 0.25) is 0 Å². The molecule has 8 heteroatoms. The molecule has 2 atom stereocenters. The maximum Gasteiger partial charge on any atom is 0.317 e. The van der Waals surface area contributed by atoms with Gasteiger partial charge in [-0.05, 0) is 36.6 Å². The van der Waals surface area contributed by atoms with Crippen LogP contribution in [0.15, 0.2) is 40.8 Å². The van der Waals surface area contributed by atoms with Crippen molar-refractivity contribution in [2.24, 2.45) is 11.8 Å². The maximum atomic E-state index is 12.4. The first-order valence-electron chi connectivity index (χ1n) is 9.20. The van der Waals surface area contributed by atoms with Crippen LogP contribution in [-0.4, -0.2) is 40.1 Å². The number of aromatic nitrogens is 1. The first-order chi connectivity index (χ1) is 13.5. The number of carbonyl (C=O) groups excluding carboxylic acids is 1. The molecule has 0 aliphatic carbocycles. The molecule has 1 aliphatic heterocycles. The van der Waals surface area contributed by atoms with Crippen LogP contribution in [0.25, 0.3) is 21.0 Å². The maximum absolute atomic E-state index is 12.4. The van der Waals surface area contributed by atoms with Crippen molar-refractivity contribution >= 4 is 33.6 Å². The summed E-state index contributed by atoms with van der Waals surface area (Å²) >= 11 is 1.56. The van der Waals surface area contributed by atoms with Crippen LogP contribution in [0.2, 0.25) is 0 Å². The predicted molar refractivity (Wildman–Crippen MR) is 106 cm³/mol. The van der Waals surface area contributed by atoms with Crippen molar-refractivity contribution in [2.75, 3.05) is 13.1 Å². The van der Waals surface area contributed by atoms with Gasteiger partial charge in [-0.3, -0.25) is 4.79 Å². The molecule has 2 amide bonds. The van der Waals surface area contributed by atoms with E-state index in [-0.39, 0.29) is 25.0 Å². The Labute approximate surface area is 166 Å². The molecular weight excluding hydrogens is 378 g/mol. The van der Waals surface area contributed by atoms with Crippen molar-refractivity contribution in [2.45, 2.75) is 19.9 Å². The fraction of sp³-hybridized carbons (Fsp3) is 0.350. The number of urea groups is 1. The van der Waals surface area contributed by atoms with Crippen molar-refractivity contribution in [3.63, 3.8) is 0 Å². The first kappa shape index (κ1) is 18.5. The number of amides is 2. The normalized spacial score (nSPS) is 19.7. The summed E-state index contributed by atoms with van der Waals surface area (Å²) in [5, 5.41) is 12.9. The molecule has 2 N–H and O–H groups in total. The first-order valence-corrected chi connectivity index (χ1v) is 10.0. The van der Waals surface area contributed by atoms with Gasteiger partial charge in [-0.25, -0.2) is 9.78 Å². The number of hydrogen-bond acceptors (Lipinski definition) is 5. The second-order valence-electron chi connectivity index (χ2n) is 7.19. The quantitative estimate of drug-likeness (QED) is 0.696. The van der Waals surface area contributed by atoms with Gasteiger partial charge in [0.1, 0.15) is 5.76 Å². The second-order valence-corrected chi connectivity index (χ2v) is 8.22. The lowest BCUT2D eigenvalue weighted by atomic mass is 9.91. The van der Waals surface area contributed by atoms with E-state index in [2.05, 4.69) is 10.3 Å². The van der Waals surface area contributed by atoms with Gasteiger partial charge in [-0.1, -0.05) is 19.1 Å². The molecule has 1 fully saturated rings. The number of carbonyl (C=O) groups is 2. The van der Waals surface area contributed by atoms with E-state index in [4.69, 9.17) is 4.42 Å². The molecule has 1 aromatic carbocycles. The standard InChI is InChI=1S/C20H21N3O4S/c1-12-8-13(19(24)25)11-23(10-12)20(26)21-9-14-6-7-16(27-14)18-22-15-4-2-3-5-17(15)28-18/h2-7,12-13H,8-11H2,1H3,(H,21,26)(H,24,25). The summed E-state index contributed by atoms with van der Waals surface area (Å²) in [4.78, 5) is 29.9. The molecule has 1 aliphatic rings. The van der Waals surface area contributed by atoms with Gasteiger partial charge in [-0.2, -0.15) is 0 Å². The molecule has 146 valence electrons. The van der Waals surface area contributed by atoms with Gasteiger partial charge in [-0.15, -0.1) is 11.3 Å². The van der Waals surface area contributed by atoms with E-state index in [1.54, 1.807) is 16.2 Å². The van der Waals surface area contributed by atoms with Gasteiger partial charge in [0.25, 0.3) is 0 Å². The average Bonchev–Trinajstić information content (AvgIpc) is 3.32. The minimum absolute atomic E-state index is 0.162. The number of thiazole rings is 1. The molecular formula is C20H21N3O4S. The number of piperidine rings is 1. The van der Waals surface area contributed by atoms with E-state index in [0.29, 0.717) is 24.5 Å². The van der Waals surface area contributed by atoms with Crippen LogP contribution in [0.4, 0.5) is 4.79 Å². The zero-order valence-electron chi connectivity index (χ0n) is 15.4. The third kappa shape index (κ3) is 3.87. The Hall–Kier alpha value is -2.87. The Balaban J connectivity index is 1.39. The largest absolute Gasteiger partial charge is 0.481 e. The average molecular weight is 399 g/mol. The fourth-order valence-electron chi connectivity index (χ4n) is 3.54. The van der Waals surface area contributed by atoms with E-state index in [1.807, 2.05) is 43.3 Å². The van der Waals surface area contributed by atoms with Gasteiger partial charge in [0.15, 0.2) is 10.8 Å². The monoisotopic (exact) mass is 399 g/mol. The number of rotatable bonds is 4. The number of para-hydroxylation sites is 1. The topological polar surface area (TPSA) is 95.7 Å². The number of carboxylic acids is 1. The number of aliphatic carboxylic acids is 1. The summed E-state index contributed by atoms with van der Waals surface area (Å²) in [5.74, 6) is 0.0971. The van der Waals surface area contributed by atoms with Crippen molar-refractivity contribution in [3.05, 3.63) is 42.2 Å². The molecule has 0 radical (unpaired) electrons. The van der Waals surface area contributed by atoms with Crippen LogP contribution >= 0.6 is 11.3 Å². The highest BCUT2D eigenvalue weighted by Crippen LogP contribution is 2.31. The van der Waals surface area contributed by atoms with Crippen LogP contribution in [0.3, 0.4) is 0 Å². The van der Waals surface area contributed by atoms with Gasteiger partial charge in [0, 0.05) is 13.1 Å². The lowest BCUT2D eigenvalue weighted by Gasteiger charge is -2.34. The lowest BCUT2D eigenvalue weighted by molar-refractivity contribution is -0.143. The summed E-state index contributed by atoms with van der Waals surface area (Å²) in [7, 11) is 0. The van der Waals surface area contributed by atoms with Crippen LogP contribution in [0.5, 0.6) is 0 Å². The number of furan rings is 1. The van der Waals surface area contributed by atoms with Crippen LogP contribution in [0.1, 0.15) is 19.1 Å². The Morgan fingerprint density at radius 2 is 2.11 bits per heavy atom. The molecule has 0 bridgehead atoms. The summed E-state index contributed by atoms with van der Waals surface area (Å²) in [6, 6.07) is 11.3. The predicted octanol–water partition coefficient (Wildman–Crippen LogP) is 3.81. The number of fused-ring (bicyclic) bond motifs is 1. The molecule has 4 rings (SSSR count). The molecule has 2 aromatic heterocycles.